The van der Waals surface area contributed by atoms with Crippen molar-refractivity contribution in [1.29, 1.82) is 0 Å². The van der Waals surface area contributed by atoms with Gasteiger partial charge in [0.25, 0.3) is 0 Å². The standard InChI is InChI=1S/C25H29NO4/c1-25(2)20-13-18-15-26(14-16-6-5-7-17(12-16)24(27)28)11-10-21(18)29-23(20)19-8-3-4-9-22(19)30-25/h3-9,12,18,20-21,23H,10-11,13-15H2,1-2H3,(H,27,28)/t18-,20-,21-,23+/m0/s1. The van der Waals surface area contributed by atoms with Crippen LogP contribution in [0.1, 0.15) is 54.3 Å². The van der Waals surface area contributed by atoms with Gasteiger partial charge in [-0.25, -0.2) is 4.79 Å². The molecule has 158 valence electrons. The summed E-state index contributed by atoms with van der Waals surface area (Å²) in [6.45, 7) is 7.09. The molecule has 5 rings (SSSR count). The molecule has 4 atom stereocenters. The fourth-order valence-electron chi connectivity index (χ4n) is 5.53. The third-order valence-electron chi connectivity index (χ3n) is 7.06. The number of carboxylic acids is 1. The number of aromatic carboxylic acids is 1. The molecule has 5 nitrogen and oxygen atoms in total. The molecule has 0 bridgehead atoms. The van der Waals surface area contributed by atoms with Crippen LogP contribution in [0.4, 0.5) is 0 Å². The largest absolute Gasteiger partial charge is 0.487 e. The number of nitrogens with zero attached hydrogens (tertiary/aromatic N) is 1. The summed E-state index contributed by atoms with van der Waals surface area (Å²) in [5.74, 6) is 0.875. The van der Waals surface area contributed by atoms with Crippen molar-refractivity contribution in [2.24, 2.45) is 11.8 Å². The van der Waals surface area contributed by atoms with E-state index in [9.17, 15) is 9.90 Å². The second-order valence-electron chi connectivity index (χ2n) is 9.47. The SMILES string of the molecule is CC1(C)Oc2ccccc2[C@H]2O[C@H]3CCN(Cc4cccc(C(=O)O)c4)C[C@@H]3C[C@@H]21. The van der Waals surface area contributed by atoms with Crippen molar-refractivity contribution in [3.8, 4) is 5.75 Å². The predicted octanol–water partition coefficient (Wildman–Crippen LogP) is 4.52. The van der Waals surface area contributed by atoms with E-state index < -0.39 is 5.97 Å². The van der Waals surface area contributed by atoms with Gasteiger partial charge in [0.1, 0.15) is 11.4 Å². The number of para-hydroxylation sites is 1. The lowest BCUT2D eigenvalue weighted by atomic mass is 9.70. The Morgan fingerprint density at radius 2 is 2.03 bits per heavy atom. The van der Waals surface area contributed by atoms with Gasteiger partial charge in [0.2, 0.25) is 0 Å². The third kappa shape index (κ3) is 3.50. The van der Waals surface area contributed by atoms with Crippen LogP contribution in [0.15, 0.2) is 48.5 Å². The molecule has 3 aliphatic heterocycles. The minimum atomic E-state index is -0.873. The molecule has 0 spiro atoms. The zero-order valence-corrected chi connectivity index (χ0v) is 17.6. The second kappa shape index (κ2) is 7.40. The van der Waals surface area contributed by atoms with Crippen LogP contribution in [0.5, 0.6) is 5.75 Å². The van der Waals surface area contributed by atoms with Gasteiger partial charge in [0, 0.05) is 31.1 Å². The summed E-state index contributed by atoms with van der Waals surface area (Å²) in [7, 11) is 0. The number of fused-ring (bicyclic) bond motifs is 4. The highest BCUT2D eigenvalue weighted by Crippen LogP contribution is 2.52. The molecule has 3 heterocycles. The Morgan fingerprint density at radius 3 is 2.87 bits per heavy atom. The molecule has 2 saturated heterocycles. The third-order valence-corrected chi connectivity index (χ3v) is 7.06. The molecule has 30 heavy (non-hydrogen) atoms. The highest BCUT2D eigenvalue weighted by Gasteiger charge is 2.51. The first kappa shape index (κ1) is 19.6. The zero-order chi connectivity index (χ0) is 20.9. The summed E-state index contributed by atoms with van der Waals surface area (Å²) < 4.78 is 13.1. The van der Waals surface area contributed by atoms with E-state index in [2.05, 4.69) is 36.9 Å². The topological polar surface area (TPSA) is 59.0 Å². The number of piperidine rings is 1. The van der Waals surface area contributed by atoms with Gasteiger partial charge >= 0.3 is 5.97 Å². The lowest BCUT2D eigenvalue weighted by Gasteiger charge is -2.53. The number of hydrogen-bond donors (Lipinski definition) is 1. The quantitative estimate of drug-likeness (QED) is 0.810. The maximum absolute atomic E-state index is 11.3. The molecule has 0 aromatic heterocycles. The smallest absolute Gasteiger partial charge is 0.335 e. The van der Waals surface area contributed by atoms with Crippen molar-refractivity contribution in [2.45, 2.75) is 51.0 Å². The van der Waals surface area contributed by atoms with E-state index in [1.54, 1.807) is 12.1 Å². The van der Waals surface area contributed by atoms with Crippen LogP contribution in [0.25, 0.3) is 0 Å². The van der Waals surface area contributed by atoms with E-state index >= 15 is 0 Å². The van der Waals surface area contributed by atoms with Crippen molar-refractivity contribution in [2.75, 3.05) is 13.1 Å². The minimum Gasteiger partial charge on any atom is -0.487 e. The van der Waals surface area contributed by atoms with Gasteiger partial charge in [0.15, 0.2) is 0 Å². The summed E-state index contributed by atoms with van der Waals surface area (Å²) in [5, 5.41) is 9.26. The van der Waals surface area contributed by atoms with Gasteiger partial charge < -0.3 is 14.6 Å². The normalized spacial score (nSPS) is 29.8. The number of likely N-dealkylation sites (tertiary alicyclic amines) is 1. The summed E-state index contributed by atoms with van der Waals surface area (Å²) in [4.78, 5) is 13.7. The molecule has 0 unspecified atom stereocenters. The van der Waals surface area contributed by atoms with Crippen molar-refractivity contribution in [1.82, 2.24) is 4.90 Å². The minimum absolute atomic E-state index is 0.102. The van der Waals surface area contributed by atoms with Crippen LogP contribution in [-0.2, 0) is 11.3 Å². The van der Waals surface area contributed by atoms with Crippen molar-refractivity contribution < 1.29 is 19.4 Å². The van der Waals surface area contributed by atoms with Crippen molar-refractivity contribution in [3.05, 3.63) is 65.2 Å². The predicted molar refractivity (Wildman–Crippen MR) is 114 cm³/mol. The van der Waals surface area contributed by atoms with E-state index in [1.165, 1.54) is 5.56 Å². The average Bonchev–Trinajstić information content (AvgIpc) is 2.73. The summed E-state index contributed by atoms with van der Waals surface area (Å²) in [5.41, 5.74) is 2.33. The molecule has 2 aromatic rings. The molecule has 2 fully saturated rings. The lowest BCUT2D eigenvalue weighted by Crippen LogP contribution is -2.55. The number of ether oxygens (including phenoxy) is 2. The molecule has 1 N–H and O–H groups in total. The molecule has 3 aliphatic rings. The van der Waals surface area contributed by atoms with Crippen LogP contribution in [0.3, 0.4) is 0 Å². The molecule has 0 saturated carbocycles. The van der Waals surface area contributed by atoms with Crippen molar-refractivity contribution in [3.63, 3.8) is 0 Å². The lowest BCUT2D eigenvalue weighted by molar-refractivity contribution is -0.187. The average molecular weight is 408 g/mol. The van der Waals surface area contributed by atoms with Crippen molar-refractivity contribution >= 4 is 5.97 Å². The Kier molecular flexibility index (Phi) is 4.83. The molecule has 0 radical (unpaired) electrons. The van der Waals surface area contributed by atoms with Crippen LogP contribution in [-0.4, -0.2) is 40.8 Å². The molecular formula is C25H29NO4. The van der Waals surface area contributed by atoms with Crippen LogP contribution >= 0.6 is 0 Å². The van der Waals surface area contributed by atoms with E-state index in [0.717, 1.165) is 43.8 Å². The van der Waals surface area contributed by atoms with E-state index in [0.29, 0.717) is 17.4 Å². The van der Waals surface area contributed by atoms with Crippen LogP contribution < -0.4 is 4.74 Å². The number of benzene rings is 2. The number of hydrogen-bond acceptors (Lipinski definition) is 4. The summed E-state index contributed by atoms with van der Waals surface area (Å²) >= 11 is 0. The highest BCUT2D eigenvalue weighted by atomic mass is 16.5. The van der Waals surface area contributed by atoms with Crippen LogP contribution in [0, 0.1) is 11.8 Å². The Morgan fingerprint density at radius 1 is 1.20 bits per heavy atom. The Hall–Kier alpha value is -2.37. The van der Waals surface area contributed by atoms with Gasteiger partial charge in [0.05, 0.1) is 17.8 Å². The van der Waals surface area contributed by atoms with Gasteiger partial charge in [-0.1, -0.05) is 30.3 Å². The van der Waals surface area contributed by atoms with E-state index in [1.807, 2.05) is 18.2 Å². The van der Waals surface area contributed by atoms with Gasteiger partial charge in [-0.15, -0.1) is 0 Å². The Balaban J connectivity index is 1.32. The van der Waals surface area contributed by atoms with Gasteiger partial charge in [-0.3, -0.25) is 4.90 Å². The molecule has 5 heteroatoms. The maximum atomic E-state index is 11.3. The first-order valence-corrected chi connectivity index (χ1v) is 10.9. The molecule has 0 amide bonds. The second-order valence-corrected chi connectivity index (χ2v) is 9.47. The first-order valence-electron chi connectivity index (χ1n) is 10.9. The number of rotatable bonds is 3. The molecule has 0 aliphatic carbocycles. The number of carbonyl (C=O) groups is 1. The fourth-order valence-corrected chi connectivity index (χ4v) is 5.53. The summed E-state index contributed by atoms with van der Waals surface area (Å²) in [6, 6.07) is 15.6. The van der Waals surface area contributed by atoms with E-state index in [-0.39, 0.29) is 17.8 Å². The Bertz CT molecular complexity index is 956. The summed E-state index contributed by atoms with van der Waals surface area (Å²) in [6.07, 6.45) is 2.47. The highest BCUT2D eigenvalue weighted by molar-refractivity contribution is 5.87. The molecular weight excluding hydrogens is 378 g/mol. The number of carboxylic acid groups (broad SMARTS) is 1. The van der Waals surface area contributed by atoms with Gasteiger partial charge in [-0.2, -0.15) is 0 Å². The molecule has 2 aromatic carbocycles. The Labute approximate surface area is 177 Å². The maximum Gasteiger partial charge on any atom is 0.335 e. The monoisotopic (exact) mass is 407 g/mol. The van der Waals surface area contributed by atoms with Gasteiger partial charge in [-0.05, 0) is 56.4 Å². The zero-order valence-electron chi connectivity index (χ0n) is 17.6. The first-order chi connectivity index (χ1) is 14.4. The van der Waals surface area contributed by atoms with Crippen LogP contribution in [0.2, 0.25) is 0 Å². The van der Waals surface area contributed by atoms with E-state index in [4.69, 9.17) is 9.47 Å². The fraction of sp³-hybridized carbons (Fsp3) is 0.480.